The van der Waals surface area contributed by atoms with Gasteiger partial charge in [0.05, 0.1) is 5.56 Å². The lowest BCUT2D eigenvalue weighted by Crippen LogP contribution is -2.02. The molecule has 100 valence electrons. The van der Waals surface area contributed by atoms with Crippen LogP contribution >= 0.6 is 0 Å². The average Bonchev–Trinajstić information content (AvgIpc) is 2.45. The summed E-state index contributed by atoms with van der Waals surface area (Å²) in [4.78, 5) is 22.9. The Hall–Kier alpha value is -2.68. The van der Waals surface area contributed by atoms with Gasteiger partial charge in [-0.1, -0.05) is 36.4 Å². The molecule has 0 heterocycles. The Bertz CT molecular complexity index is 670. The molecule has 2 aromatic carbocycles. The lowest BCUT2D eigenvalue weighted by Gasteiger charge is -2.03. The summed E-state index contributed by atoms with van der Waals surface area (Å²) in [7, 11) is 0. The zero-order valence-corrected chi connectivity index (χ0v) is 11.0. The predicted octanol–water partition coefficient (Wildman–Crippen LogP) is 3.59. The molecule has 1 N–H and O–H groups in total. The smallest absolute Gasteiger partial charge is 0.335 e. The Morgan fingerprint density at radius 1 is 1.05 bits per heavy atom. The number of carbonyl (C=O) groups is 2. The van der Waals surface area contributed by atoms with Crippen molar-refractivity contribution < 1.29 is 14.7 Å². The molecule has 0 saturated heterocycles. The largest absolute Gasteiger partial charge is 0.478 e. The van der Waals surface area contributed by atoms with Crippen molar-refractivity contribution in [1.82, 2.24) is 0 Å². The Morgan fingerprint density at radius 3 is 2.35 bits per heavy atom. The maximum Gasteiger partial charge on any atom is 0.335 e. The molecule has 0 saturated carbocycles. The summed E-state index contributed by atoms with van der Waals surface area (Å²) in [6.07, 6.45) is 3.24. The fourth-order valence-electron chi connectivity index (χ4n) is 1.90. The second kappa shape index (κ2) is 5.97. The molecule has 0 aliphatic heterocycles. The third-order valence-corrected chi connectivity index (χ3v) is 2.97. The van der Waals surface area contributed by atoms with E-state index in [0.29, 0.717) is 11.1 Å². The van der Waals surface area contributed by atoms with Crippen LogP contribution in [0.25, 0.3) is 6.08 Å². The minimum Gasteiger partial charge on any atom is -0.478 e. The first-order chi connectivity index (χ1) is 9.58. The van der Waals surface area contributed by atoms with E-state index in [1.54, 1.807) is 19.1 Å². The van der Waals surface area contributed by atoms with Crippen LogP contribution in [-0.4, -0.2) is 16.9 Å². The molecule has 0 unspecified atom stereocenters. The summed E-state index contributed by atoms with van der Waals surface area (Å²) >= 11 is 0. The van der Waals surface area contributed by atoms with E-state index in [4.69, 9.17) is 5.11 Å². The highest BCUT2D eigenvalue weighted by molar-refractivity contribution is 6.08. The number of aromatic carboxylic acids is 1. The first-order valence-corrected chi connectivity index (χ1v) is 6.19. The SMILES string of the molecule is Cc1cc(C(=O)O)ccc1C(=O)C=Cc1ccccc1. The molecule has 0 bridgehead atoms. The molecule has 2 aromatic rings. The highest BCUT2D eigenvalue weighted by Gasteiger charge is 2.09. The van der Waals surface area contributed by atoms with Crippen molar-refractivity contribution in [2.24, 2.45) is 0 Å². The number of carbonyl (C=O) groups excluding carboxylic acids is 1. The van der Waals surface area contributed by atoms with E-state index in [-0.39, 0.29) is 11.3 Å². The van der Waals surface area contributed by atoms with Crippen LogP contribution in [0.4, 0.5) is 0 Å². The highest BCUT2D eigenvalue weighted by atomic mass is 16.4. The number of carboxylic acid groups (broad SMARTS) is 1. The average molecular weight is 266 g/mol. The molecular formula is C17H14O3. The number of rotatable bonds is 4. The van der Waals surface area contributed by atoms with E-state index in [9.17, 15) is 9.59 Å². The highest BCUT2D eigenvalue weighted by Crippen LogP contribution is 2.13. The van der Waals surface area contributed by atoms with Crippen molar-refractivity contribution in [3.05, 3.63) is 76.9 Å². The fraction of sp³-hybridized carbons (Fsp3) is 0.0588. The van der Waals surface area contributed by atoms with Crippen LogP contribution in [0.15, 0.2) is 54.6 Å². The van der Waals surface area contributed by atoms with E-state index >= 15 is 0 Å². The number of carboxylic acids is 1. The monoisotopic (exact) mass is 266 g/mol. The van der Waals surface area contributed by atoms with E-state index in [1.807, 2.05) is 30.3 Å². The van der Waals surface area contributed by atoms with E-state index in [2.05, 4.69) is 0 Å². The first-order valence-electron chi connectivity index (χ1n) is 6.19. The summed E-state index contributed by atoms with van der Waals surface area (Å²) in [5.74, 6) is -1.13. The molecule has 3 nitrogen and oxygen atoms in total. The van der Waals surface area contributed by atoms with E-state index in [1.165, 1.54) is 18.2 Å². The van der Waals surface area contributed by atoms with Crippen molar-refractivity contribution in [3.63, 3.8) is 0 Å². The zero-order valence-electron chi connectivity index (χ0n) is 11.0. The van der Waals surface area contributed by atoms with Crippen LogP contribution < -0.4 is 0 Å². The summed E-state index contributed by atoms with van der Waals surface area (Å²) in [6, 6.07) is 14.0. The minimum atomic E-state index is -0.994. The van der Waals surface area contributed by atoms with Crippen molar-refractivity contribution in [2.45, 2.75) is 6.92 Å². The van der Waals surface area contributed by atoms with Gasteiger partial charge in [-0.05, 0) is 42.3 Å². The van der Waals surface area contributed by atoms with Crippen molar-refractivity contribution >= 4 is 17.8 Å². The van der Waals surface area contributed by atoms with Gasteiger partial charge in [-0.2, -0.15) is 0 Å². The Labute approximate surface area is 117 Å². The van der Waals surface area contributed by atoms with Gasteiger partial charge in [-0.25, -0.2) is 4.79 Å². The Balaban J connectivity index is 2.22. The van der Waals surface area contributed by atoms with Crippen molar-refractivity contribution in [1.29, 1.82) is 0 Å². The van der Waals surface area contributed by atoms with Crippen molar-refractivity contribution in [3.8, 4) is 0 Å². The molecule has 0 fully saturated rings. The van der Waals surface area contributed by atoms with Gasteiger partial charge in [-0.3, -0.25) is 4.79 Å². The number of hydrogen-bond acceptors (Lipinski definition) is 2. The Kier molecular flexibility index (Phi) is 4.11. The molecular weight excluding hydrogens is 252 g/mol. The van der Waals surface area contributed by atoms with Crippen LogP contribution in [0.2, 0.25) is 0 Å². The quantitative estimate of drug-likeness (QED) is 0.679. The predicted molar refractivity (Wildman–Crippen MR) is 77.9 cm³/mol. The van der Waals surface area contributed by atoms with Gasteiger partial charge < -0.3 is 5.11 Å². The topological polar surface area (TPSA) is 54.4 Å². The summed E-state index contributed by atoms with van der Waals surface area (Å²) < 4.78 is 0. The molecule has 3 heteroatoms. The van der Waals surface area contributed by atoms with Crippen LogP contribution in [0.5, 0.6) is 0 Å². The van der Waals surface area contributed by atoms with Gasteiger partial charge in [0.25, 0.3) is 0 Å². The van der Waals surface area contributed by atoms with Crippen molar-refractivity contribution in [2.75, 3.05) is 0 Å². The van der Waals surface area contributed by atoms with Gasteiger partial charge in [0.15, 0.2) is 5.78 Å². The second-order valence-corrected chi connectivity index (χ2v) is 4.44. The number of ketones is 1. The molecule has 2 rings (SSSR count). The first kappa shape index (κ1) is 13.7. The molecule has 20 heavy (non-hydrogen) atoms. The van der Waals surface area contributed by atoms with Crippen LogP contribution in [0.3, 0.4) is 0 Å². The van der Waals surface area contributed by atoms with Gasteiger partial charge in [0, 0.05) is 5.56 Å². The normalized spacial score (nSPS) is 10.7. The second-order valence-electron chi connectivity index (χ2n) is 4.44. The van der Waals surface area contributed by atoms with E-state index < -0.39 is 5.97 Å². The molecule has 0 spiro atoms. The maximum absolute atomic E-state index is 12.1. The van der Waals surface area contributed by atoms with Gasteiger partial charge in [0.2, 0.25) is 0 Å². The molecule has 0 aliphatic rings. The number of aryl methyl sites for hydroxylation is 1. The van der Waals surface area contributed by atoms with Gasteiger partial charge in [0.1, 0.15) is 0 Å². The number of allylic oxidation sites excluding steroid dienone is 1. The molecule has 0 amide bonds. The summed E-state index contributed by atoms with van der Waals surface area (Å²) in [6.45, 7) is 1.73. The minimum absolute atomic E-state index is 0.136. The molecule has 0 aliphatic carbocycles. The van der Waals surface area contributed by atoms with Crippen LogP contribution in [-0.2, 0) is 0 Å². The van der Waals surface area contributed by atoms with Gasteiger partial charge >= 0.3 is 5.97 Å². The lowest BCUT2D eigenvalue weighted by atomic mass is 10.0. The Morgan fingerprint density at radius 2 is 1.75 bits per heavy atom. The van der Waals surface area contributed by atoms with Crippen LogP contribution in [0.1, 0.15) is 31.8 Å². The molecule has 0 atom stereocenters. The number of benzene rings is 2. The summed E-state index contributed by atoms with van der Waals surface area (Å²) in [5.41, 5.74) is 2.31. The van der Waals surface area contributed by atoms with Crippen LogP contribution in [0, 0.1) is 6.92 Å². The lowest BCUT2D eigenvalue weighted by molar-refractivity contribution is 0.0696. The number of hydrogen-bond donors (Lipinski definition) is 1. The van der Waals surface area contributed by atoms with Gasteiger partial charge in [-0.15, -0.1) is 0 Å². The summed E-state index contributed by atoms with van der Waals surface area (Å²) in [5, 5.41) is 8.89. The zero-order chi connectivity index (χ0) is 14.5. The molecule has 0 radical (unpaired) electrons. The third kappa shape index (κ3) is 3.20. The fourth-order valence-corrected chi connectivity index (χ4v) is 1.90. The standard InChI is InChI=1S/C17H14O3/c1-12-11-14(17(19)20)8-9-15(12)16(18)10-7-13-5-3-2-4-6-13/h2-11H,1H3,(H,19,20). The maximum atomic E-state index is 12.1. The van der Waals surface area contributed by atoms with E-state index in [0.717, 1.165) is 5.56 Å². The third-order valence-electron chi connectivity index (χ3n) is 2.97. The molecule has 0 aromatic heterocycles.